The molecule has 1 heterocycles. The summed E-state index contributed by atoms with van der Waals surface area (Å²) in [4.78, 5) is 0. The summed E-state index contributed by atoms with van der Waals surface area (Å²) >= 11 is 0. The fourth-order valence-electron chi connectivity index (χ4n) is 2.14. The van der Waals surface area contributed by atoms with Gasteiger partial charge in [0.25, 0.3) is 0 Å². The third-order valence-electron chi connectivity index (χ3n) is 3.06. The quantitative estimate of drug-likeness (QED) is 0.646. The van der Waals surface area contributed by atoms with Crippen LogP contribution in [0.15, 0.2) is 0 Å². The normalized spacial score (nSPS) is 11.5. The Kier molecular flexibility index (Phi) is 8.99. The van der Waals surface area contributed by atoms with Crippen molar-refractivity contribution < 1.29 is 13.2 Å². The fourth-order valence-corrected chi connectivity index (χ4v) is 2.66. The number of hydrogen-bond donors (Lipinski definition) is 2. The number of nitrogens with one attached hydrogen (secondary N) is 2. The third-order valence-corrected chi connectivity index (χ3v) is 3.78. The van der Waals surface area contributed by atoms with Crippen LogP contribution >= 0.6 is 12.4 Å². The van der Waals surface area contributed by atoms with Crippen molar-refractivity contribution in [3.05, 3.63) is 11.3 Å². The molecule has 0 amide bonds. The second kappa shape index (κ2) is 9.34. The van der Waals surface area contributed by atoms with Gasteiger partial charge in [0.05, 0.1) is 24.6 Å². The highest BCUT2D eigenvalue weighted by atomic mass is 35.5. The second-order valence-electron chi connectivity index (χ2n) is 5.35. The Morgan fingerprint density at radius 3 is 2.45 bits per heavy atom. The first-order valence-electron chi connectivity index (χ1n) is 7.01. The van der Waals surface area contributed by atoms with Crippen LogP contribution in [0.1, 0.15) is 37.4 Å². The molecule has 9 heteroatoms. The van der Waals surface area contributed by atoms with Crippen molar-refractivity contribution in [3.8, 4) is 5.88 Å². The summed E-state index contributed by atoms with van der Waals surface area (Å²) in [5.74, 6) is 1.09. The number of ether oxygens (including phenoxy) is 1. The Morgan fingerprint density at radius 2 is 1.95 bits per heavy atom. The summed E-state index contributed by atoms with van der Waals surface area (Å²) in [5, 5.41) is 7.79. The van der Waals surface area contributed by atoms with E-state index in [1.165, 1.54) is 0 Å². The predicted molar refractivity (Wildman–Crippen MR) is 90.3 cm³/mol. The highest BCUT2D eigenvalue weighted by molar-refractivity contribution is 7.88. The molecule has 2 N–H and O–H groups in total. The molecule has 0 radical (unpaired) electrons. The van der Waals surface area contributed by atoms with Gasteiger partial charge in [-0.15, -0.1) is 12.4 Å². The molecule has 130 valence electrons. The van der Waals surface area contributed by atoms with E-state index in [2.05, 4.69) is 29.0 Å². The SMILES string of the molecule is COc1c(CNCCCNS(C)(=O)=O)c(C(C)C)nn1C.Cl. The van der Waals surface area contributed by atoms with Crippen LogP contribution in [0, 0.1) is 0 Å². The lowest BCUT2D eigenvalue weighted by Crippen LogP contribution is -2.26. The van der Waals surface area contributed by atoms with Crippen molar-refractivity contribution in [2.45, 2.75) is 32.7 Å². The zero-order chi connectivity index (χ0) is 16.0. The molecule has 0 saturated carbocycles. The van der Waals surface area contributed by atoms with Crippen molar-refractivity contribution in [2.24, 2.45) is 7.05 Å². The average Bonchev–Trinajstić information content (AvgIpc) is 2.68. The lowest BCUT2D eigenvalue weighted by Gasteiger charge is -2.09. The topological polar surface area (TPSA) is 85.2 Å². The van der Waals surface area contributed by atoms with Gasteiger partial charge in [-0.25, -0.2) is 17.8 Å². The van der Waals surface area contributed by atoms with E-state index in [-0.39, 0.29) is 12.4 Å². The van der Waals surface area contributed by atoms with Crippen LogP contribution in [0.25, 0.3) is 0 Å². The molecule has 0 aliphatic heterocycles. The summed E-state index contributed by atoms with van der Waals surface area (Å²) in [6, 6.07) is 0. The zero-order valence-electron chi connectivity index (χ0n) is 13.8. The van der Waals surface area contributed by atoms with Crippen molar-refractivity contribution in [3.63, 3.8) is 0 Å². The van der Waals surface area contributed by atoms with Crippen LogP contribution in [0.2, 0.25) is 0 Å². The number of aromatic nitrogens is 2. The number of hydrogen-bond acceptors (Lipinski definition) is 5. The monoisotopic (exact) mass is 354 g/mol. The summed E-state index contributed by atoms with van der Waals surface area (Å²) in [6.07, 6.45) is 1.89. The summed E-state index contributed by atoms with van der Waals surface area (Å²) < 4.78 is 31.5. The van der Waals surface area contributed by atoms with Crippen molar-refractivity contribution in [1.29, 1.82) is 0 Å². The van der Waals surface area contributed by atoms with Gasteiger partial charge in [0, 0.05) is 20.1 Å². The number of halogens is 1. The van der Waals surface area contributed by atoms with Gasteiger partial charge in [0.2, 0.25) is 15.9 Å². The van der Waals surface area contributed by atoms with Crippen molar-refractivity contribution >= 4 is 22.4 Å². The van der Waals surface area contributed by atoms with Crippen molar-refractivity contribution in [1.82, 2.24) is 19.8 Å². The summed E-state index contributed by atoms with van der Waals surface area (Å²) in [6.45, 7) is 6.01. The lowest BCUT2D eigenvalue weighted by atomic mass is 10.1. The number of aryl methyl sites for hydroxylation is 1. The average molecular weight is 355 g/mol. The minimum Gasteiger partial charge on any atom is -0.481 e. The first-order valence-corrected chi connectivity index (χ1v) is 8.90. The maximum Gasteiger partial charge on any atom is 0.216 e. The van der Waals surface area contributed by atoms with Gasteiger partial charge < -0.3 is 10.1 Å². The molecular formula is C13H27ClN4O3S. The molecule has 0 aliphatic rings. The Hall–Kier alpha value is -0.830. The van der Waals surface area contributed by atoms with E-state index < -0.39 is 10.0 Å². The van der Waals surface area contributed by atoms with Crippen LogP contribution < -0.4 is 14.8 Å². The maximum atomic E-state index is 10.9. The van der Waals surface area contributed by atoms with Gasteiger partial charge in [-0.2, -0.15) is 5.10 Å². The number of sulfonamides is 1. The first-order chi connectivity index (χ1) is 9.76. The van der Waals surface area contributed by atoms with Gasteiger partial charge in [-0.1, -0.05) is 13.8 Å². The number of rotatable bonds is 9. The van der Waals surface area contributed by atoms with E-state index in [0.717, 1.165) is 36.4 Å². The number of nitrogens with zero attached hydrogens (tertiary/aromatic N) is 2. The molecule has 0 aromatic carbocycles. The minimum atomic E-state index is -3.10. The van der Waals surface area contributed by atoms with Crippen LogP contribution in [0.4, 0.5) is 0 Å². The van der Waals surface area contributed by atoms with Gasteiger partial charge in [0.15, 0.2) is 0 Å². The Labute approximate surface area is 139 Å². The van der Waals surface area contributed by atoms with Crippen molar-refractivity contribution in [2.75, 3.05) is 26.5 Å². The van der Waals surface area contributed by atoms with Crippen LogP contribution in [-0.2, 0) is 23.6 Å². The molecule has 0 bridgehead atoms. The molecule has 7 nitrogen and oxygen atoms in total. The zero-order valence-corrected chi connectivity index (χ0v) is 15.5. The molecular weight excluding hydrogens is 328 g/mol. The van der Waals surface area contributed by atoms with Crippen LogP contribution in [0.3, 0.4) is 0 Å². The molecule has 0 atom stereocenters. The smallest absolute Gasteiger partial charge is 0.216 e. The minimum absolute atomic E-state index is 0. The molecule has 0 fully saturated rings. The van der Waals surface area contributed by atoms with E-state index in [4.69, 9.17) is 4.74 Å². The Balaban J connectivity index is 0.00000441. The largest absolute Gasteiger partial charge is 0.481 e. The van der Waals surface area contributed by atoms with E-state index in [0.29, 0.717) is 19.0 Å². The molecule has 22 heavy (non-hydrogen) atoms. The first kappa shape index (κ1) is 21.2. The standard InChI is InChI=1S/C13H26N4O3S.ClH/c1-10(2)12-11(13(20-4)17(3)16-12)9-14-7-6-8-15-21(5,18)19;/h10,14-15H,6-9H2,1-5H3;1H. The highest BCUT2D eigenvalue weighted by Crippen LogP contribution is 2.26. The van der Waals surface area contributed by atoms with E-state index in [1.807, 2.05) is 7.05 Å². The van der Waals surface area contributed by atoms with Gasteiger partial charge in [0.1, 0.15) is 0 Å². The van der Waals surface area contributed by atoms with Gasteiger partial charge in [-0.05, 0) is 18.9 Å². The van der Waals surface area contributed by atoms with Crippen LogP contribution in [-0.4, -0.2) is 44.7 Å². The molecule has 1 aromatic rings. The number of methoxy groups -OCH3 is 1. The fraction of sp³-hybridized carbons (Fsp3) is 0.769. The molecule has 0 spiro atoms. The summed E-state index contributed by atoms with van der Waals surface area (Å²) in [7, 11) is 0.405. The second-order valence-corrected chi connectivity index (χ2v) is 7.18. The molecule has 0 saturated heterocycles. The Bertz CT molecular complexity index is 558. The third kappa shape index (κ3) is 6.51. The molecule has 0 unspecified atom stereocenters. The molecule has 1 rings (SSSR count). The van der Waals surface area contributed by atoms with Gasteiger partial charge >= 0.3 is 0 Å². The molecule has 1 aromatic heterocycles. The van der Waals surface area contributed by atoms with Gasteiger partial charge in [-0.3, -0.25) is 0 Å². The van der Waals surface area contributed by atoms with E-state index >= 15 is 0 Å². The van der Waals surface area contributed by atoms with E-state index in [9.17, 15) is 8.42 Å². The maximum absolute atomic E-state index is 10.9. The Morgan fingerprint density at radius 1 is 1.32 bits per heavy atom. The lowest BCUT2D eigenvalue weighted by molar-refractivity contribution is 0.368. The predicted octanol–water partition coefficient (Wildman–Crippen LogP) is 1.00. The highest BCUT2D eigenvalue weighted by Gasteiger charge is 2.18. The van der Waals surface area contributed by atoms with Crippen LogP contribution in [0.5, 0.6) is 5.88 Å². The van der Waals surface area contributed by atoms with E-state index in [1.54, 1.807) is 11.8 Å². The summed E-state index contributed by atoms with van der Waals surface area (Å²) in [5.41, 5.74) is 2.09. The molecule has 0 aliphatic carbocycles.